The SMILES string of the molecule is [Pt+2].[c-]1c(Oc2[c-]c3c(cc2)c2cc(-c4ccccc4)cc(-c4ccccc4)c2n2ccnc32)ccc2c1c1nccn1c1ncncc21. The summed E-state index contributed by atoms with van der Waals surface area (Å²) in [5.41, 5.74) is 8.06. The maximum absolute atomic E-state index is 6.44. The van der Waals surface area contributed by atoms with Gasteiger partial charge in [-0.3, -0.25) is 9.97 Å². The summed E-state index contributed by atoms with van der Waals surface area (Å²) in [6, 6.07) is 40.6. The Morgan fingerprint density at radius 2 is 1.17 bits per heavy atom. The molecule has 0 saturated carbocycles. The van der Waals surface area contributed by atoms with Crippen molar-refractivity contribution in [2.45, 2.75) is 0 Å². The fraction of sp³-hybridized carbons (Fsp3) is 0. The number of rotatable bonds is 4. The van der Waals surface area contributed by atoms with Gasteiger partial charge in [0, 0.05) is 58.9 Å². The molecule has 0 spiro atoms. The van der Waals surface area contributed by atoms with Gasteiger partial charge < -0.3 is 13.5 Å². The summed E-state index contributed by atoms with van der Waals surface area (Å²) >= 11 is 0. The Morgan fingerprint density at radius 3 is 1.88 bits per heavy atom. The van der Waals surface area contributed by atoms with Crippen molar-refractivity contribution < 1.29 is 25.8 Å². The van der Waals surface area contributed by atoms with E-state index in [2.05, 4.69) is 98.2 Å². The average molecular weight is 798 g/mol. The molecule has 228 valence electrons. The first-order valence-electron chi connectivity index (χ1n) is 15.3. The van der Waals surface area contributed by atoms with Crippen LogP contribution < -0.4 is 4.74 Å². The number of nitrogens with zero attached hydrogens (tertiary/aromatic N) is 6. The third-order valence-electron chi connectivity index (χ3n) is 8.83. The molecule has 8 heteroatoms. The van der Waals surface area contributed by atoms with Crippen LogP contribution in [-0.4, -0.2) is 28.7 Å². The van der Waals surface area contributed by atoms with Crippen molar-refractivity contribution in [3.63, 3.8) is 0 Å². The van der Waals surface area contributed by atoms with E-state index in [4.69, 9.17) is 9.72 Å². The van der Waals surface area contributed by atoms with Crippen LogP contribution in [0.25, 0.3) is 77.0 Å². The van der Waals surface area contributed by atoms with E-state index in [1.807, 2.05) is 59.5 Å². The van der Waals surface area contributed by atoms with Gasteiger partial charge in [0.15, 0.2) is 0 Å². The molecule has 0 radical (unpaired) electrons. The van der Waals surface area contributed by atoms with Gasteiger partial charge in [0.25, 0.3) is 0 Å². The van der Waals surface area contributed by atoms with E-state index in [9.17, 15) is 0 Å². The Balaban J connectivity index is 0.00000314. The second kappa shape index (κ2) is 11.1. The number of pyridine rings is 2. The van der Waals surface area contributed by atoms with E-state index < -0.39 is 0 Å². The first-order chi connectivity index (χ1) is 23.3. The molecule has 0 aliphatic rings. The van der Waals surface area contributed by atoms with Gasteiger partial charge in [0.05, 0.1) is 11.3 Å². The van der Waals surface area contributed by atoms with Crippen LogP contribution in [0.3, 0.4) is 0 Å². The molecule has 48 heavy (non-hydrogen) atoms. The molecule has 0 amide bonds. The summed E-state index contributed by atoms with van der Waals surface area (Å²) < 4.78 is 10.6. The van der Waals surface area contributed by atoms with Gasteiger partial charge in [-0.15, -0.1) is 12.1 Å². The zero-order valence-electron chi connectivity index (χ0n) is 25.1. The minimum Gasteiger partial charge on any atom is -0.497 e. The molecular weight excluding hydrogens is 776 g/mol. The molecule has 0 atom stereocenters. The zero-order valence-corrected chi connectivity index (χ0v) is 27.4. The summed E-state index contributed by atoms with van der Waals surface area (Å²) in [7, 11) is 0. The van der Waals surface area contributed by atoms with E-state index in [-0.39, 0.29) is 21.1 Å². The van der Waals surface area contributed by atoms with Crippen molar-refractivity contribution in [3.8, 4) is 33.8 Å². The molecule has 0 bridgehead atoms. The van der Waals surface area contributed by atoms with E-state index >= 15 is 0 Å². The Hall–Kier alpha value is -5.91. The van der Waals surface area contributed by atoms with Crippen LogP contribution >= 0.6 is 0 Å². The number of hydrogen-bond donors (Lipinski definition) is 0. The second-order valence-corrected chi connectivity index (χ2v) is 11.5. The molecule has 5 aromatic carbocycles. The molecule has 0 unspecified atom stereocenters. The molecule has 0 aliphatic carbocycles. The topological polar surface area (TPSA) is 69.6 Å². The van der Waals surface area contributed by atoms with Gasteiger partial charge in [-0.05, 0) is 28.1 Å². The summed E-state index contributed by atoms with van der Waals surface area (Å²) in [5.74, 6) is 1.13. The van der Waals surface area contributed by atoms with Crippen LogP contribution in [0, 0.1) is 12.1 Å². The minimum absolute atomic E-state index is 0. The molecule has 5 aromatic heterocycles. The summed E-state index contributed by atoms with van der Waals surface area (Å²) in [6.45, 7) is 0. The van der Waals surface area contributed by atoms with Crippen molar-refractivity contribution >= 4 is 54.8 Å². The van der Waals surface area contributed by atoms with Crippen LogP contribution in [0.4, 0.5) is 0 Å². The number of aromatic nitrogens is 6. The summed E-state index contributed by atoms with van der Waals surface area (Å²) in [5, 5.41) is 5.76. The smallest absolute Gasteiger partial charge is 0.497 e. The van der Waals surface area contributed by atoms with E-state index in [1.165, 1.54) is 0 Å². The summed E-state index contributed by atoms with van der Waals surface area (Å²) in [6.07, 6.45) is 10.9. The number of imidazole rings is 2. The van der Waals surface area contributed by atoms with Crippen LogP contribution in [-0.2, 0) is 21.1 Å². The molecule has 5 heterocycles. The fourth-order valence-electron chi connectivity index (χ4n) is 6.76. The maximum atomic E-state index is 6.44. The predicted octanol–water partition coefficient (Wildman–Crippen LogP) is 9.11. The van der Waals surface area contributed by atoms with Gasteiger partial charge in [0.2, 0.25) is 0 Å². The van der Waals surface area contributed by atoms with Crippen LogP contribution in [0.15, 0.2) is 134 Å². The number of hydrogen-bond acceptors (Lipinski definition) is 5. The Bertz CT molecular complexity index is 2830. The molecule has 10 aromatic rings. The fourth-order valence-corrected chi connectivity index (χ4v) is 6.76. The molecule has 0 aliphatic heterocycles. The molecule has 0 N–H and O–H groups in total. The average Bonchev–Trinajstić information content (AvgIpc) is 3.84. The van der Waals surface area contributed by atoms with Crippen LogP contribution in [0.1, 0.15) is 0 Å². The number of ether oxygens (including phenoxy) is 1. The third kappa shape index (κ3) is 4.32. The van der Waals surface area contributed by atoms with Gasteiger partial charge in [-0.25, -0.2) is 9.97 Å². The van der Waals surface area contributed by atoms with Crippen molar-refractivity contribution in [1.82, 2.24) is 28.7 Å². The molecule has 0 saturated heterocycles. The molecular formula is C40H22N6OPt. The maximum Gasteiger partial charge on any atom is 2.00 e. The summed E-state index contributed by atoms with van der Waals surface area (Å²) in [4.78, 5) is 18.2. The number of fused-ring (bicyclic) bond motifs is 12. The Morgan fingerprint density at radius 1 is 0.542 bits per heavy atom. The second-order valence-electron chi connectivity index (χ2n) is 11.5. The minimum atomic E-state index is 0. The Labute approximate surface area is 288 Å². The standard InChI is InChI=1S/C40H22N6O.Pt/c1-3-7-25(8-4-1)27-19-32(26-9-5-2-6-10-26)37-33(20-27)30-13-11-28(21-34(30)38-42-15-17-45(37)38)47-29-12-14-31-35(22-29)39-43-16-18-46(39)40-36(31)23-41-24-44-40;/h1-20,23-24H;/q-2;+2. The largest absolute Gasteiger partial charge is 2.00 e. The number of benzene rings is 5. The van der Waals surface area contributed by atoms with Gasteiger partial charge in [0.1, 0.15) is 12.0 Å². The predicted molar refractivity (Wildman–Crippen MR) is 185 cm³/mol. The normalized spacial score (nSPS) is 11.6. The molecule has 7 nitrogen and oxygen atoms in total. The monoisotopic (exact) mass is 797 g/mol. The van der Waals surface area contributed by atoms with Crippen LogP contribution in [0.2, 0.25) is 0 Å². The Kier molecular flexibility index (Phi) is 6.56. The van der Waals surface area contributed by atoms with Gasteiger partial charge >= 0.3 is 21.1 Å². The van der Waals surface area contributed by atoms with Crippen molar-refractivity contribution in [2.75, 3.05) is 0 Å². The first-order valence-corrected chi connectivity index (χ1v) is 15.3. The van der Waals surface area contributed by atoms with Crippen molar-refractivity contribution in [2.24, 2.45) is 0 Å². The van der Waals surface area contributed by atoms with E-state index in [0.717, 1.165) is 77.0 Å². The molecule has 0 fully saturated rings. The van der Waals surface area contributed by atoms with Crippen molar-refractivity contribution in [1.29, 1.82) is 0 Å². The first kappa shape index (κ1) is 28.3. The van der Waals surface area contributed by atoms with Crippen LogP contribution in [0.5, 0.6) is 11.5 Å². The van der Waals surface area contributed by atoms with Gasteiger partial charge in [-0.1, -0.05) is 113 Å². The quantitative estimate of drug-likeness (QED) is 0.131. The van der Waals surface area contributed by atoms with E-state index in [1.54, 1.807) is 12.5 Å². The van der Waals surface area contributed by atoms with Crippen molar-refractivity contribution in [3.05, 3.63) is 147 Å². The third-order valence-corrected chi connectivity index (χ3v) is 8.83. The molecule has 10 rings (SSSR count). The van der Waals surface area contributed by atoms with E-state index in [0.29, 0.717) is 11.5 Å². The van der Waals surface area contributed by atoms with Gasteiger partial charge in [-0.2, -0.15) is 0 Å². The zero-order chi connectivity index (χ0) is 30.9.